The van der Waals surface area contributed by atoms with E-state index < -0.39 is 0 Å². The quantitative estimate of drug-likeness (QED) is 0.332. The molecule has 2 aromatic carbocycles. The number of benzene rings is 2. The van der Waals surface area contributed by atoms with Gasteiger partial charge in [0.2, 0.25) is 5.91 Å². The molecule has 0 aliphatic rings. The second-order valence-electron chi connectivity index (χ2n) is 6.36. The highest BCUT2D eigenvalue weighted by atomic mass is 32.2. The Labute approximate surface area is 174 Å². The molecule has 0 unspecified atom stereocenters. The Bertz CT molecular complexity index is 845. The molecule has 5 nitrogen and oxygen atoms in total. The fourth-order valence-electron chi connectivity index (χ4n) is 2.73. The van der Waals surface area contributed by atoms with Crippen LogP contribution in [0.3, 0.4) is 0 Å². The number of hydrogen-bond acceptors (Lipinski definition) is 3. The minimum absolute atomic E-state index is 0.132. The van der Waals surface area contributed by atoms with Crippen LogP contribution in [0.2, 0.25) is 0 Å². The van der Waals surface area contributed by atoms with Gasteiger partial charge in [0.15, 0.2) is 5.96 Å². The Morgan fingerprint density at radius 3 is 2.48 bits per heavy atom. The molecule has 1 amide bonds. The van der Waals surface area contributed by atoms with Crippen molar-refractivity contribution >= 4 is 23.6 Å². The summed E-state index contributed by atoms with van der Waals surface area (Å²) in [5.74, 6) is 0.554. The van der Waals surface area contributed by atoms with Crippen LogP contribution in [0, 0.1) is 11.6 Å². The van der Waals surface area contributed by atoms with E-state index in [1.165, 1.54) is 18.2 Å². The van der Waals surface area contributed by atoms with Gasteiger partial charge >= 0.3 is 0 Å². The van der Waals surface area contributed by atoms with Crippen LogP contribution in [0.25, 0.3) is 0 Å². The highest BCUT2D eigenvalue weighted by molar-refractivity contribution is 7.97. The van der Waals surface area contributed by atoms with Gasteiger partial charge in [0.05, 0.1) is 6.42 Å². The number of hydrogen-bond donors (Lipinski definition) is 3. The number of amides is 1. The fourth-order valence-corrected chi connectivity index (χ4v) is 3.31. The van der Waals surface area contributed by atoms with Crippen LogP contribution in [0.15, 0.2) is 47.5 Å². The largest absolute Gasteiger partial charge is 0.355 e. The van der Waals surface area contributed by atoms with E-state index in [0.29, 0.717) is 31.2 Å². The zero-order valence-corrected chi connectivity index (χ0v) is 17.4. The third kappa shape index (κ3) is 8.11. The molecule has 2 rings (SSSR count). The summed E-state index contributed by atoms with van der Waals surface area (Å²) in [5.41, 5.74) is 2.59. The first-order chi connectivity index (χ1) is 14.0. The molecule has 0 heterocycles. The van der Waals surface area contributed by atoms with Crippen molar-refractivity contribution in [2.45, 2.75) is 18.7 Å². The number of halogens is 2. The van der Waals surface area contributed by atoms with E-state index in [-0.39, 0.29) is 24.0 Å². The van der Waals surface area contributed by atoms with Crippen LogP contribution in [0.4, 0.5) is 8.78 Å². The van der Waals surface area contributed by atoms with Gasteiger partial charge in [-0.05, 0) is 47.2 Å². The standard InChI is InChI=1S/C21H26F2N4OS/c1-24-21(27-13-16-6-7-19(23)12-17(16)14-29-2)26-9-8-25-20(28)11-15-4-3-5-18(22)10-15/h3-7,10,12H,8-9,11,13-14H2,1-2H3,(H,25,28)(H2,24,26,27). The van der Waals surface area contributed by atoms with E-state index in [2.05, 4.69) is 20.9 Å². The summed E-state index contributed by atoms with van der Waals surface area (Å²) in [4.78, 5) is 16.1. The minimum atomic E-state index is -0.353. The summed E-state index contributed by atoms with van der Waals surface area (Å²) >= 11 is 1.64. The minimum Gasteiger partial charge on any atom is -0.355 e. The number of aliphatic imine (C=N–C) groups is 1. The Kier molecular flexibility index (Phi) is 9.43. The third-order valence-corrected chi connectivity index (χ3v) is 4.73. The molecule has 0 spiro atoms. The second kappa shape index (κ2) is 12.1. The maximum Gasteiger partial charge on any atom is 0.224 e. The third-order valence-electron chi connectivity index (χ3n) is 4.13. The van der Waals surface area contributed by atoms with Crippen LogP contribution >= 0.6 is 11.8 Å². The topological polar surface area (TPSA) is 65.5 Å². The van der Waals surface area contributed by atoms with E-state index in [4.69, 9.17) is 0 Å². The number of nitrogens with zero attached hydrogens (tertiary/aromatic N) is 1. The van der Waals surface area contributed by atoms with Gasteiger partial charge in [-0.15, -0.1) is 0 Å². The molecule has 3 N–H and O–H groups in total. The van der Waals surface area contributed by atoms with Gasteiger partial charge in [-0.25, -0.2) is 8.78 Å². The van der Waals surface area contributed by atoms with Crippen molar-refractivity contribution in [2.75, 3.05) is 26.4 Å². The van der Waals surface area contributed by atoms with Crippen LogP contribution in [-0.2, 0) is 23.5 Å². The SMILES string of the molecule is CN=C(NCCNC(=O)Cc1cccc(F)c1)NCc1ccc(F)cc1CSC. The first-order valence-electron chi connectivity index (χ1n) is 9.23. The first-order valence-corrected chi connectivity index (χ1v) is 10.6. The Balaban J connectivity index is 1.73. The van der Waals surface area contributed by atoms with Crippen molar-refractivity contribution in [3.63, 3.8) is 0 Å². The van der Waals surface area contributed by atoms with Crippen LogP contribution in [-0.4, -0.2) is 38.3 Å². The van der Waals surface area contributed by atoms with Gasteiger partial charge < -0.3 is 16.0 Å². The highest BCUT2D eigenvalue weighted by Gasteiger charge is 2.06. The molecule has 8 heteroatoms. The van der Waals surface area contributed by atoms with Crippen LogP contribution in [0.5, 0.6) is 0 Å². The average Bonchev–Trinajstić information content (AvgIpc) is 2.69. The van der Waals surface area contributed by atoms with Crippen LogP contribution < -0.4 is 16.0 Å². The van der Waals surface area contributed by atoms with E-state index in [1.54, 1.807) is 43.1 Å². The molecule has 2 aromatic rings. The number of nitrogens with one attached hydrogen (secondary N) is 3. The van der Waals surface area contributed by atoms with Crippen molar-refractivity contribution in [1.29, 1.82) is 0 Å². The maximum atomic E-state index is 13.4. The van der Waals surface area contributed by atoms with E-state index in [1.807, 2.05) is 6.26 Å². The summed E-state index contributed by atoms with van der Waals surface area (Å²) in [6.07, 6.45) is 2.11. The lowest BCUT2D eigenvalue weighted by Crippen LogP contribution is -2.41. The fraction of sp³-hybridized carbons (Fsp3) is 0.333. The van der Waals surface area contributed by atoms with Gasteiger partial charge in [0.25, 0.3) is 0 Å². The zero-order valence-electron chi connectivity index (χ0n) is 16.6. The Morgan fingerprint density at radius 1 is 1.00 bits per heavy atom. The van der Waals surface area contributed by atoms with Crippen molar-refractivity contribution in [3.05, 3.63) is 70.8 Å². The smallest absolute Gasteiger partial charge is 0.224 e. The molecule has 0 fully saturated rings. The molecule has 0 aliphatic carbocycles. The van der Waals surface area contributed by atoms with Gasteiger partial charge in [0, 0.05) is 32.4 Å². The lowest BCUT2D eigenvalue weighted by molar-refractivity contribution is -0.120. The molecule has 0 radical (unpaired) electrons. The summed E-state index contributed by atoms with van der Waals surface area (Å²) < 4.78 is 26.6. The van der Waals surface area contributed by atoms with Gasteiger partial charge in [-0.2, -0.15) is 11.8 Å². The summed E-state index contributed by atoms with van der Waals surface area (Å²) in [6, 6.07) is 10.8. The van der Waals surface area contributed by atoms with Crippen molar-refractivity contribution in [3.8, 4) is 0 Å². The lowest BCUT2D eigenvalue weighted by Gasteiger charge is -2.14. The number of guanidine groups is 1. The number of carbonyl (C=O) groups is 1. The van der Waals surface area contributed by atoms with Gasteiger partial charge in [0.1, 0.15) is 11.6 Å². The van der Waals surface area contributed by atoms with E-state index in [9.17, 15) is 13.6 Å². The maximum absolute atomic E-state index is 13.4. The molecule has 0 aliphatic heterocycles. The van der Waals surface area contributed by atoms with E-state index >= 15 is 0 Å². The number of thioether (sulfide) groups is 1. The molecule has 0 aromatic heterocycles. The Morgan fingerprint density at radius 2 is 1.76 bits per heavy atom. The molecular formula is C21H26F2N4OS. The average molecular weight is 421 g/mol. The molecule has 29 heavy (non-hydrogen) atoms. The van der Waals surface area contributed by atoms with Crippen LogP contribution in [0.1, 0.15) is 16.7 Å². The first kappa shape index (κ1) is 22.7. The highest BCUT2D eigenvalue weighted by Crippen LogP contribution is 2.16. The predicted molar refractivity (Wildman–Crippen MR) is 115 cm³/mol. The second-order valence-corrected chi connectivity index (χ2v) is 7.22. The molecule has 0 atom stereocenters. The van der Waals surface area contributed by atoms with Gasteiger partial charge in [-0.3, -0.25) is 9.79 Å². The van der Waals surface area contributed by atoms with Crippen molar-refractivity contribution in [2.24, 2.45) is 4.99 Å². The molecule has 0 saturated heterocycles. The zero-order chi connectivity index (χ0) is 21.1. The summed E-state index contributed by atoms with van der Waals surface area (Å²) in [5, 5.41) is 9.09. The normalized spacial score (nSPS) is 11.2. The predicted octanol–water partition coefficient (Wildman–Crippen LogP) is 2.85. The Hall–Kier alpha value is -2.61. The monoisotopic (exact) mass is 420 g/mol. The molecule has 156 valence electrons. The lowest BCUT2D eigenvalue weighted by atomic mass is 10.1. The summed E-state index contributed by atoms with van der Waals surface area (Å²) in [6.45, 7) is 1.40. The number of rotatable bonds is 9. The number of carbonyl (C=O) groups excluding carboxylic acids is 1. The van der Waals surface area contributed by atoms with Crippen molar-refractivity contribution < 1.29 is 13.6 Å². The summed E-state index contributed by atoms with van der Waals surface area (Å²) in [7, 11) is 1.66. The van der Waals surface area contributed by atoms with Crippen molar-refractivity contribution in [1.82, 2.24) is 16.0 Å². The van der Waals surface area contributed by atoms with Gasteiger partial charge in [-0.1, -0.05) is 18.2 Å². The molecule has 0 saturated carbocycles. The molecule has 0 bridgehead atoms. The molecular weight excluding hydrogens is 394 g/mol. The van der Waals surface area contributed by atoms with E-state index in [0.717, 1.165) is 16.9 Å².